The van der Waals surface area contributed by atoms with E-state index in [0.717, 1.165) is 0 Å². The highest BCUT2D eigenvalue weighted by atomic mass is 16.5. The molecule has 19 heavy (non-hydrogen) atoms. The number of hydrogen-bond acceptors (Lipinski definition) is 4. The zero-order chi connectivity index (χ0) is 14.0. The number of morpholine rings is 1. The number of nitrogens with one attached hydrogen (secondary N) is 2. The van der Waals surface area contributed by atoms with Gasteiger partial charge in [-0.1, -0.05) is 0 Å². The lowest BCUT2D eigenvalue weighted by Gasteiger charge is -2.30. The Balaban J connectivity index is 1.91. The second kappa shape index (κ2) is 5.88. The number of carbonyl (C=O) groups is 2. The van der Waals surface area contributed by atoms with Crippen LogP contribution in [0.3, 0.4) is 0 Å². The van der Waals surface area contributed by atoms with Crippen LogP contribution in [0.4, 0.5) is 0 Å². The molecule has 2 aliphatic rings. The fourth-order valence-corrected chi connectivity index (χ4v) is 2.64. The monoisotopic (exact) mass is 269 g/mol. The predicted octanol–water partition coefficient (Wildman–Crippen LogP) is -0.511. The molecule has 1 unspecified atom stereocenters. The SMILES string of the molecule is CC(C)N1CCC(NC(=O)[C@H]2NCCO[C@@H]2C)C1=O. The van der Waals surface area contributed by atoms with Crippen LogP contribution in [0.5, 0.6) is 0 Å². The van der Waals surface area contributed by atoms with Crippen molar-refractivity contribution in [2.45, 2.75) is 51.4 Å². The molecule has 2 N–H and O–H groups in total. The molecule has 6 heteroatoms. The van der Waals surface area contributed by atoms with E-state index in [9.17, 15) is 9.59 Å². The van der Waals surface area contributed by atoms with Crippen molar-refractivity contribution in [1.82, 2.24) is 15.5 Å². The highest BCUT2D eigenvalue weighted by Crippen LogP contribution is 2.15. The van der Waals surface area contributed by atoms with Gasteiger partial charge in [-0.3, -0.25) is 9.59 Å². The maximum atomic E-state index is 12.2. The fourth-order valence-electron chi connectivity index (χ4n) is 2.64. The summed E-state index contributed by atoms with van der Waals surface area (Å²) in [7, 11) is 0. The number of hydrogen-bond donors (Lipinski definition) is 2. The Morgan fingerprint density at radius 1 is 1.53 bits per heavy atom. The molecule has 2 rings (SSSR count). The molecule has 0 saturated carbocycles. The third-order valence-corrected chi connectivity index (χ3v) is 3.78. The Morgan fingerprint density at radius 3 is 2.84 bits per heavy atom. The normalized spacial score (nSPS) is 31.9. The minimum Gasteiger partial charge on any atom is -0.375 e. The molecule has 0 bridgehead atoms. The topological polar surface area (TPSA) is 70.7 Å². The number of likely N-dealkylation sites (tertiary alicyclic amines) is 1. The number of amides is 2. The van der Waals surface area contributed by atoms with Crippen LogP contribution in [0.25, 0.3) is 0 Å². The van der Waals surface area contributed by atoms with Crippen molar-refractivity contribution in [3.63, 3.8) is 0 Å². The van der Waals surface area contributed by atoms with Crippen molar-refractivity contribution in [3.8, 4) is 0 Å². The van der Waals surface area contributed by atoms with Gasteiger partial charge in [0.2, 0.25) is 11.8 Å². The molecular weight excluding hydrogens is 246 g/mol. The van der Waals surface area contributed by atoms with E-state index in [0.29, 0.717) is 26.1 Å². The minimum absolute atomic E-state index is 0.0210. The number of ether oxygens (including phenoxy) is 1. The third kappa shape index (κ3) is 3.06. The van der Waals surface area contributed by atoms with Crippen LogP contribution in [0, 0.1) is 0 Å². The summed E-state index contributed by atoms with van der Waals surface area (Å²) in [5, 5.41) is 5.97. The molecule has 2 amide bonds. The summed E-state index contributed by atoms with van der Waals surface area (Å²) < 4.78 is 5.44. The molecule has 2 heterocycles. The zero-order valence-corrected chi connectivity index (χ0v) is 11.8. The van der Waals surface area contributed by atoms with Crippen molar-refractivity contribution in [2.24, 2.45) is 0 Å². The van der Waals surface area contributed by atoms with Gasteiger partial charge < -0.3 is 20.3 Å². The first kappa shape index (κ1) is 14.3. The zero-order valence-electron chi connectivity index (χ0n) is 11.8. The average Bonchev–Trinajstić information content (AvgIpc) is 2.71. The second-order valence-corrected chi connectivity index (χ2v) is 5.48. The molecular formula is C13H23N3O3. The van der Waals surface area contributed by atoms with E-state index in [-0.39, 0.29) is 36.0 Å². The summed E-state index contributed by atoms with van der Waals surface area (Å²) >= 11 is 0. The summed E-state index contributed by atoms with van der Waals surface area (Å²) in [6.07, 6.45) is 0.525. The largest absolute Gasteiger partial charge is 0.375 e. The molecule has 6 nitrogen and oxygen atoms in total. The van der Waals surface area contributed by atoms with Gasteiger partial charge in [-0.2, -0.15) is 0 Å². The van der Waals surface area contributed by atoms with E-state index >= 15 is 0 Å². The Hall–Kier alpha value is -1.14. The molecule has 0 aromatic rings. The van der Waals surface area contributed by atoms with Crippen molar-refractivity contribution in [2.75, 3.05) is 19.7 Å². The van der Waals surface area contributed by atoms with E-state index in [1.165, 1.54) is 0 Å². The van der Waals surface area contributed by atoms with Gasteiger partial charge in [-0.15, -0.1) is 0 Å². The van der Waals surface area contributed by atoms with Crippen molar-refractivity contribution in [3.05, 3.63) is 0 Å². The third-order valence-electron chi connectivity index (χ3n) is 3.78. The first-order chi connectivity index (χ1) is 9.00. The van der Waals surface area contributed by atoms with Gasteiger partial charge in [0.25, 0.3) is 0 Å². The summed E-state index contributed by atoms with van der Waals surface area (Å²) in [6, 6.07) is -0.565. The van der Waals surface area contributed by atoms with E-state index in [2.05, 4.69) is 10.6 Å². The van der Waals surface area contributed by atoms with Crippen LogP contribution in [0.1, 0.15) is 27.2 Å². The van der Waals surface area contributed by atoms with Crippen LogP contribution >= 0.6 is 0 Å². The van der Waals surface area contributed by atoms with Crippen LogP contribution in [-0.2, 0) is 14.3 Å². The second-order valence-electron chi connectivity index (χ2n) is 5.48. The van der Waals surface area contributed by atoms with Crippen molar-refractivity contribution >= 4 is 11.8 Å². The Kier molecular flexibility index (Phi) is 4.42. The number of carbonyl (C=O) groups excluding carboxylic acids is 2. The van der Waals surface area contributed by atoms with Crippen molar-refractivity contribution in [1.29, 1.82) is 0 Å². The van der Waals surface area contributed by atoms with E-state index < -0.39 is 0 Å². The lowest BCUT2D eigenvalue weighted by atomic mass is 10.1. The Bertz CT molecular complexity index is 359. The molecule has 0 aromatic carbocycles. The fraction of sp³-hybridized carbons (Fsp3) is 0.846. The standard InChI is InChI=1S/C13H23N3O3/c1-8(2)16-6-4-10(13(16)18)15-12(17)11-9(3)19-7-5-14-11/h8-11,14H,4-7H2,1-3H3,(H,15,17)/t9-,10?,11+/m1/s1. The predicted molar refractivity (Wildman–Crippen MR) is 70.6 cm³/mol. The molecule has 0 aliphatic carbocycles. The van der Waals surface area contributed by atoms with Crippen molar-refractivity contribution < 1.29 is 14.3 Å². The van der Waals surface area contributed by atoms with Gasteiger partial charge in [0.05, 0.1) is 12.7 Å². The van der Waals surface area contributed by atoms with Gasteiger partial charge in [0.1, 0.15) is 12.1 Å². The quantitative estimate of drug-likeness (QED) is 0.724. The van der Waals surface area contributed by atoms with Crippen LogP contribution in [-0.4, -0.2) is 60.6 Å². The van der Waals surface area contributed by atoms with E-state index in [4.69, 9.17) is 4.74 Å². The summed E-state index contributed by atoms with van der Waals surface area (Å²) in [4.78, 5) is 26.1. The van der Waals surface area contributed by atoms with Gasteiger partial charge in [0.15, 0.2) is 0 Å². The molecule has 0 radical (unpaired) electrons. The van der Waals surface area contributed by atoms with Crippen LogP contribution < -0.4 is 10.6 Å². The molecule has 0 aromatic heterocycles. The number of nitrogens with zero attached hydrogens (tertiary/aromatic N) is 1. The van der Waals surface area contributed by atoms with E-state index in [1.54, 1.807) is 4.90 Å². The average molecular weight is 269 g/mol. The molecule has 3 atom stereocenters. The van der Waals surface area contributed by atoms with Crippen LogP contribution in [0.15, 0.2) is 0 Å². The maximum absolute atomic E-state index is 12.2. The molecule has 2 saturated heterocycles. The van der Waals surface area contributed by atoms with Crippen LogP contribution in [0.2, 0.25) is 0 Å². The first-order valence-corrected chi connectivity index (χ1v) is 6.96. The minimum atomic E-state index is -0.383. The lowest BCUT2D eigenvalue weighted by molar-refractivity contribution is -0.136. The van der Waals surface area contributed by atoms with Gasteiger partial charge in [0, 0.05) is 19.1 Å². The summed E-state index contributed by atoms with van der Waals surface area (Å²) in [6.45, 7) is 7.84. The highest BCUT2D eigenvalue weighted by Gasteiger charge is 2.36. The lowest BCUT2D eigenvalue weighted by Crippen LogP contribution is -2.58. The molecule has 2 fully saturated rings. The Labute approximate surface area is 113 Å². The van der Waals surface area contributed by atoms with Gasteiger partial charge >= 0.3 is 0 Å². The van der Waals surface area contributed by atoms with E-state index in [1.807, 2.05) is 20.8 Å². The van der Waals surface area contributed by atoms with Gasteiger partial charge in [-0.25, -0.2) is 0 Å². The maximum Gasteiger partial charge on any atom is 0.245 e. The van der Waals surface area contributed by atoms with Gasteiger partial charge in [-0.05, 0) is 27.2 Å². The number of rotatable bonds is 3. The summed E-state index contributed by atoms with van der Waals surface area (Å²) in [5.41, 5.74) is 0. The highest BCUT2D eigenvalue weighted by molar-refractivity contribution is 5.91. The molecule has 108 valence electrons. The smallest absolute Gasteiger partial charge is 0.245 e. The molecule has 0 spiro atoms. The molecule has 2 aliphatic heterocycles. The first-order valence-electron chi connectivity index (χ1n) is 6.96. The Morgan fingerprint density at radius 2 is 2.26 bits per heavy atom. The summed E-state index contributed by atoms with van der Waals surface area (Å²) in [5.74, 6) is -0.121.